The molecule has 0 bridgehead atoms. The van der Waals surface area contributed by atoms with Crippen molar-refractivity contribution in [1.29, 1.82) is 0 Å². The number of piperidine rings is 1. The smallest absolute Gasteiger partial charge is 0.241 e. The average Bonchev–Trinajstić information content (AvgIpc) is 3.31. The van der Waals surface area contributed by atoms with Gasteiger partial charge in [0.1, 0.15) is 17.0 Å². The highest BCUT2D eigenvalue weighted by atomic mass is 35.5. The molecule has 1 saturated heterocycles. The molecule has 9 nitrogen and oxygen atoms in total. The molecule has 37 heavy (non-hydrogen) atoms. The fourth-order valence-corrected chi connectivity index (χ4v) is 4.76. The van der Waals surface area contributed by atoms with Crippen molar-refractivity contribution in [2.75, 3.05) is 25.5 Å². The van der Waals surface area contributed by atoms with E-state index < -0.39 is 5.95 Å². The predicted molar refractivity (Wildman–Crippen MR) is 140 cm³/mol. The van der Waals surface area contributed by atoms with E-state index in [1.807, 2.05) is 44.6 Å². The number of fused-ring (bicyclic) bond motifs is 1. The van der Waals surface area contributed by atoms with Crippen LogP contribution in [0.15, 0.2) is 36.9 Å². The second-order valence-corrected chi connectivity index (χ2v) is 10.1. The molecule has 0 aliphatic carbocycles. The fourth-order valence-electron chi connectivity index (χ4n) is 4.57. The standard InChI is InChI=1S/C26H28ClFN8O/c1-15(2)36-14-31-25-21(36)11-20(32-26(25)28)24-19(27)13-30-22(33-24)9-16-5-6-18(12-29-16)35-8-7-17(34(3)4)10-23(35)37/h5-6,11-15,17H,7-10H2,1-4H3. The van der Waals surface area contributed by atoms with Crippen molar-refractivity contribution >= 4 is 34.2 Å². The quantitative estimate of drug-likeness (QED) is 0.348. The number of carbonyl (C=O) groups excluding carboxylic acids is 1. The molecule has 0 spiro atoms. The first kappa shape index (κ1) is 25.2. The Labute approximate surface area is 219 Å². The third-order valence-corrected chi connectivity index (χ3v) is 6.98. The van der Waals surface area contributed by atoms with Crippen LogP contribution < -0.4 is 4.90 Å². The summed E-state index contributed by atoms with van der Waals surface area (Å²) in [5.74, 6) is -0.104. The lowest BCUT2D eigenvalue weighted by Crippen LogP contribution is -2.45. The van der Waals surface area contributed by atoms with E-state index in [1.165, 1.54) is 6.20 Å². The minimum absolute atomic E-state index is 0.0970. The predicted octanol–water partition coefficient (Wildman–Crippen LogP) is 4.30. The van der Waals surface area contributed by atoms with E-state index in [4.69, 9.17) is 11.6 Å². The zero-order chi connectivity index (χ0) is 26.3. The summed E-state index contributed by atoms with van der Waals surface area (Å²) in [5.41, 5.74) is 2.99. The van der Waals surface area contributed by atoms with E-state index in [-0.39, 0.29) is 28.5 Å². The van der Waals surface area contributed by atoms with Crippen LogP contribution in [0.5, 0.6) is 0 Å². The number of hydrogen-bond donors (Lipinski definition) is 0. The summed E-state index contributed by atoms with van der Waals surface area (Å²) in [6, 6.07) is 5.86. The van der Waals surface area contributed by atoms with E-state index in [0.717, 1.165) is 17.8 Å². The molecule has 4 aromatic heterocycles. The lowest BCUT2D eigenvalue weighted by Gasteiger charge is -2.34. The highest BCUT2D eigenvalue weighted by Gasteiger charge is 2.28. The molecule has 4 aromatic rings. The van der Waals surface area contributed by atoms with E-state index in [0.29, 0.717) is 42.1 Å². The molecule has 1 aliphatic rings. The van der Waals surface area contributed by atoms with Crippen LogP contribution in [-0.4, -0.2) is 67.0 Å². The number of rotatable bonds is 6. The topological polar surface area (TPSA) is 92.9 Å². The molecule has 0 aromatic carbocycles. The maximum absolute atomic E-state index is 14.8. The Kier molecular flexibility index (Phi) is 6.87. The first-order chi connectivity index (χ1) is 17.7. The van der Waals surface area contributed by atoms with E-state index in [9.17, 15) is 9.18 Å². The van der Waals surface area contributed by atoms with Crippen molar-refractivity contribution < 1.29 is 9.18 Å². The highest BCUT2D eigenvalue weighted by molar-refractivity contribution is 6.32. The third-order valence-electron chi connectivity index (χ3n) is 6.70. The van der Waals surface area contributed by atoms with Crippen LogP contribution in [-0.2, 0) is 11.2 Å². The van der Waals surface area contributed by atoms with Crippen LogP contribution in [0.1, 0.15) is 44.2 Å². The molecular weight excluding hydrogens is 495 g/mol. The van der Waals surface area contributed by atoms with Crippen molar-refractivity contribution in [3.05, 3.63) is 59.4 Å². The molecule has 5 rings (SSSR count). The van der Waals surface area contributed by atoms with E-state index >= 15 is 0 Å². The first-order valence-corrected chi connectivity index (χ1v) is 12.6. The van der Waals surface area contributed by atoms with Crippen LogP contribution in [0.3, 0.4) is 0 Å². The lowest BCUT2D eigenvalue weighted by molar-refractivity contribution is -0.120. The van der Waals surface area contributed by atoms with Gasteiger partial charge in [-0.15, -0.1) is 0 Å². The maximum atomic E-state index is 14.8. The van der Waals surface area contributed by atoms with Crippen LogP contribution in [0, 0.1) is 5.95 Å². The summed E-state index contributed by atoms with van der Waals surface area (Å²) in [6.45, 7) is 4.65. The summed E-state index contributed by atoms with van der Waals surface area (Å²) >= 11 is 6.40. The summed E-state index contributed by atoms with van der Waals surface area (Å²) in [7, 11) is 4.00. The van der Waals surface area contributed by atoms with Crippen molar-refractivity contribution in [1.82, 2.24) is 34.4 Å². The summed E-state index contributed by atoms with van der Waals surface area (Å²) in [4.78, 5) is 38.2. The average molecular weight is 523 g/mol. The SMILES string of the molecule is CC(C)n1cnc2c(F)nc(-c3nc(Cc4ccc(N5CCC(N(C)C)CC5=O)cn4)ncc3Cl)cc21. The van der Waals surface area contributed by atoms with E-state index in [2.05, 4.69) is 29.8 Å². The molecule has 11 heteroatoms. The number of aromatic nitrogens is 6. The molecule has 1 amide bonds. The summed E-state index contributed by atoms with van der Waals surface area (Å²) in [6.07, 6.45) is 6.55. The maximum Gasteiger partial charge on any atom is 0.241 e. The second kappa shape index (κ2) is 10.1. The molecular formula is C26H28ClFN8O. The third kappa shape index (κ3) is 5.03. The van der Waals surface area contributed by atoms with Gasteiger partial charge < -0.3 is 14.4 Å². The van der Waals surface area contributed by atoms with Gasteiger partial charge in [0.05, 0.1) is 40.9 Å². The summed E-state index contributed by atoms with van der Waals surface area (Å²) in [5, 5.41) is 0.272. The molecule has 1 unspecified atom stereocenters. The van der Waals surface area contributed by atoms with Crippen molar-refractivity contribution in [2.45, 2.75) is 45.2 Å². The Morgan fingerprint density at radius 1 is 1.16 bits per heavy atom. The minimum atomic E-state index is -0.676. The zero-order valence-electron chi connectivity index (χ0n) is 21.2. The number of imidazole rings is 1. The van der Waals surface area contributed by atoms with E-state index in [1.54, 1.807) is 23.5 Å². The first-order valence-electron chi connectivity index (χ1n) is 12.2. The van der Waals surface area contributed by atoms with Crippen LogP contribution in [0.2, 0.25) is 5.02 Å². The van der Waals surface area contributed by atoms with Gasteiger partial charge in [0.15, 0.2) is 0 Å². The Morgan fingerprint density at radius 2 is 1.97 bits per heavy atom. The molecule has 0 saturated carbocycles. The Balaban J connectivity index is 1.37. The van der Waals surface area contributed by atoms with Gasteiger partial charge >= 0.3 is 0 Å². The monoisotopic (exact) mass is 522 g/mol. The van der Waals surface area contributed by atoms with Gasteiger partial charge in [-0.05, 0) is 52.6 Å². The Morgan fingerprint density at radius 3 is 2.65 bits per heavy atom. The highest BCUT2D eigenvalue weighted by Crippen LogP contribution is 2.29. The number of pyridine rings is 2. The molecule has 192 valence electrons. The molecule has 1 fully saturated rings. The molecule has 1 aliphatic heterocycles. The zero-order valence-corrected chi connectivity index (χ0v) is 21.9. The number of nitrogens with zero attached hydrogens (tertiary/aromatic N) is 8. The van der Waals surface area contributed by atoms with Crippen LogP contribution in [0.25, 0.3) is 22.4 Å². The van der Waals surface area contributed by atoms with Gasteiger partial charge in [0, 0.05) is 36.9 Å². The van der Waals surface area contributed by atoms with Gasteiger partial charge in [-0.1, -0.05) is 11.6 Å². The van der Waals surface area contributed by atoms with Gasteiger partial charge in [-0.3, -0.25) is 9.78 Å². The number of hydrogen-bond acceptors (Lipinski definition) is 7. The van der Waals surface area contributed by atoms with Gasteiger partial charge in [0.25, 0.3) is 0 Å². The van der Waals surface area contributed by atoms with Crippen molar-refractivity contribution in [3.63, 3.8) is 0 Å². The Hall–Kier alpha value is -3.50. The molecule has 0 N–H and O–H groups in total. The van der Waals surface area contributed by atoms with Crippen LogP contribution >= 0.6 is 11.6 Å². The largest absolute Gasteiger partial charge is 0.328 e. The normalized spacial score (nSPS) is 16.4. The second-order valence-electron chi connectivity index (χ2n) is 9.73. The lowest BCUT2D eigenvalue weighted by atomic mass is 10.0. The van der Waals surface area contributed by atoms with Crippen LogP contribution in [0.4, 0.5) is 10.1 Å². The number of carbonyl (C=O) groups is 1. The molecule has 0 radical (unpaired) electrons. The molecule has 5 heterocycles. The van der Waals surface area contributed by atoms with Gasteiger partial charge in [-0.25, -0.2) is 19.9 Å². The van der Waals surface area contributed by atoms with Gasteiger partial charge in [0.2, 0.25) is 11.9 Å². The van der Waals surface area contributed by atoms with Crippen molar-refractivity contribution in [3.8, 4) is 11.4 Å². The minimum Gasteiger partial charge on any atom is -0.328 e. The summed E-state index contributed by atoms with van der Waals surface area (Å²) < 4.78 is 16.6. The fraction of sp³-hybridized carbons (Fsp3) is 0.385. The number of anilines is 1. The Bertz CT molecular complexity index is 1450. The number of halogens is 2. The molecule has 1 atom stereocenters. The van der Waals surface area contributed by atoms with Crippen molar-refractivity contribution in [2.24, 2.45) is 0 Å². The number of amides is 1. The van der Waals surface area contributed by atoms with Gasteiger partial charge in [-0.2, -0.15) is 4.39 Å².